The third-order valence-corrected chi connectivity index (χ3v) is 11.5. The molecule has 366 valence electrons. The summed E-state index contributed by atoms with van der Waals surface area (Å²) in [5.41, 5.74) is 5.97. The second kappa shape index (κ2) is 30.6. The standard InChI is InChI=1S/C40H62N12O11S3/c1-22(53)30-20-66-21-32(55)46-25(11-6-7-13-43-2)35(59)50-28(18-64)38(62)48-24(12-8-14-44-40(41)42)34(58)45-17-31(54)47-27(16-33(56)57)37(61)51-29(19-65)39(63)49-26(36(60)52-30)15-23-9-4-3-5-10-23/h3-5,9-10,24-30,43,64-65H,6-8,11-21H2,1-2H3,(H,45,58)(H,46,55)(H,47,54)(H,48,62)(H,49,63)(H,50,59)(H,51,61)(H,52,60)(H,56,57)(H4,41,42,44)/t24-,25-,26-,27-,28-,29?,30-/m0/s1. The molecule has 0 aliphatic carbocycles. The van der Waals surface area contributed by atoms with Crippen molar-refractivity contribution < 1.29 is 53.1 Å². The normalized spacial score (nSPS) is 23.8. The number of amides is 8. The van der Waals surface area contributed by atoms with Gasteiger partial charge >= 0.3 is 5.97 Å². The number of benzene rings is 1. The summed E-state index contributed by atoms with van der Waals surface area (Å²) in [6.07, 6.45) is 0.386. The average Bonchev–Trinajstić information content (AvgIpc) is 3.27. The summed E-state index contributed by atoms with van der Waals surface area (Å²) in [5.74, 6) is -10.2. The molecule has 14 N–H and O–H groups in total. The molecule has 66 heavy (non-hydrogen) atoms. The van der Waals surface area contributed by atoms with Crippen LogP contribution in [0.4, 0.5) is 0 Å². The van der Waals surface area contributed by atoms with Gasteiger partial charge in [0.1, 0.15) is 36.3 Å². The predicted molar refractivity (Wildman–Crippen MR) is 252 cm³/mol. The van der Waals surface area contributed by atoms with Crippen molar-refractivity contribution in [2.45, 2.75) is 94.2 Å². The van der Waals surface area contributed by atoms with Crippen molar-refractivity contribution in [2.24, 2.45) is 5.73 Å². The number of hydrogen-bond acceptors (Lipinski definition) is 15. The minimum absolute atomic E-state index is 0.0659. The number of Topliss-reactive ketones (excluding diaryl/α,β-unsaturated/α-hetero) is 1. The topological polar surface area (TPSA) is 361 Å². The van der Waals surface area contributed by atoms with Gasteiger partial charge in [0, 0.05) is 30.2 Å². The third kappa shape index (κ3) is 21.6. The molecular formula is C40H62N12O11S3. The van der Waals surface area contributed by atoms with E-state index in [0.29, 0.717) is 24.9 Å². The number of carboxylic acid groups (broad SMARTS) is 1. The first kappa shape index (κ1) is 56.5. The van der Waals surface area contributed by atoms with Gasteiger partial charge in [-0.1, -0.05) is 30.3 Å². The maximum atomic E-state index is 13.8. The first-order valence-corrected chi connectivity index (χ1v) is 23.5. The van der Waals surface area contributed by atoms with Crippen LogP contribution in [-0.2, 0) is 54.4 Å². The summed E-state index contributed by atoms with van der Waals surface area (Å²) < 4.78 is 0. The fraction of sp³-hybridized carbons (Fsp3) is 0.575. The van der Waals surface area contributed by atoms with Gasteiger partial charge < -0.3 is 64.0 Å². The smallest absolute Gasteiger partial charge is 0.305 e. The molecule has 0 aromatic heterocycles. The van der Waals surface area contributed by atoms with Crippen molar-refractivity contribution in [1.82, 2.24) is 53.2 Å². The van der Waals surface area contributed by atoms with E-state index in [1.54, 1.807) is 37.4 Å². The molecular weight excluding hydrogens is 921 g/mol. The monoisotopic (exact) mass is 982 g/mol. The minimum Gasteiger partial charge on any atom is -0.481 e. The van der Waals surface area contributed by atoms with E-state index >= 15 is 0 Å². The van der Waals surface area contributed by atoms with Crippen LogP contribution in [0.3, 0.4) is 0 Å². The molecule has 1 fully saturated rings. The van der Waals surface area contributed by atoms with Crippen LogP contribution in [0, 0.1) is 5.41 Å². The van der Waals surface area contributed by atoms with Gasteiger partial charge in [0.25, 0.3) is 0 Å². The Balaban J connectivity index is 2.55. The number of rotatable bonds is 16. The number of thioether (sulfide) groups is 1. The molecule has 26 heteroatoms. The number of carbonyl (C=O) groups is 10. The van der Waals surface area contributed by atoms with Gasteiger partial charge in [-0.3, -0.25) is 53.4 Å². The molecule has 1 aliphatic heterocycles. The second-order valence-corrected chi connectivity index (χ2v) is 16.9. The molecule has 1 aliphatic rings. The Labute approximate surface area is 397 Å². The van der Waals surface area contributed by atoms with Gasteiger partial charge in [0.15, 0.2) is 11.7 Å². The van der Waals surface area contributed by atoms with E-state index in [4.69, 9.17) is 11.1 Å². The van der Waals surface area contributed by atoms with E-state index in [2.05, 4.69) is 78.4 Å². The Hall–Kier alpha value is -5.60. The van der Waals surface area contributed by atoms with Crippen LogP contribution >= 0.6 is 37.0 Å². The summed E-state index contributed by atoms with van der Waals surface area (Å²) in [5, 5.41) is 42.4. The summed E-state index contributed by atoms with van der Waals surface area (Å²) in [6, 6.07) is -0.954. The maximum absolute atomic E-state index is 13.8. The van der Waals surface area contributed by atoms with Crippen LogP contribution < -0.4 is 58.9 Å². The summed E-state index contributed by atoms with van der Waals surface area (Å²) in [4.78, 5) is 133. The quantitative estimate of drug-likeness (QED) is 0.0326. The SMILES string of the molecule is CNCCCC[C@@H]1NC(=O)CSC[C@@H](C(C)=O)NC(=O)[C@H](Cc2ccccc2)NC(=O)C(CS)NC(=O)[C@H](CC(=O)O)NC(=O)CNC(=O)[C@H](CCCNC(=N)N)NC(=O)[C@H](CS)NC1=O. The minimum atomic E-state index is -1.77. The van der Waals surface area contributed by atoms with Crippen LogP contribution in [0.2, 0.25) is 0 Å². The second-order valence-electron chi connectivity index (χ2n) is 15.1. The lowest BCUT2D eigenvalue weighted by molar-refractivity contribution is -0.141. The van der Waals surface area contributed by atoms with E-state index in [1.807, 2.05) is 0 Å². The van der Waals surface area contributed by atoms with Crippen molar-refractivity contribution in [1.29, 1.82) is 5.41 Å². The van der Waals surface area contributed by atoms with Crippen LogP contribution in [-0.4, -0.2) is 162 Å². The van der Waals surface area contributed by atoms with E-state index in [-0.39, 0.29) is 61.2 Å². The number of nitrogens with two attached hydrogens (primary N) is 1. The fourth-order valence-corrected chi connectivity index (χ4v) is 7.67. The molecule has 0 saturated carbocycles. The fourth-order valence-electron chi connectivity index (χ4n) is 6.21. The third-order valence-electron chi connectivity index (χ3n) is 9.76. The summed E-state index contributed by atoms with van der Waals surface area (Å²) in [7, 11) is 1.76. The van der Waals surface area contributed by atoms with Crippen molar-refractivity contribution >= 4 is 102 Å². The Kier molecular flexibility index (Phi) is 26.2. The van der Waals surface area contributed by atoms with Crippen LogP contribution in [0.25, 0.3) is 0 Å². The van der Waals surface area contributed by atoms with Crippen molar-refractivity contribution in [2.75, 3.05) is 49.7 Å². The molecule has 1 aromatic carbocycles. The highest BCUT2D eigenvalue weighted by Crippen LogP contribution is 2.10. The number of aliphatic carboxylic acids is 1. The highest BCUT2D eigenvalue weighted by Gasteiger charge is 2.33. The van der Waals surface area contributed by atoms with Crippen LogP contribution in [0.5, 0.6) is 0 Å². The molecule has 1 saturated heterocycles. The number of nitrogens with one attached hydrogen (secondary N) is 11. The van der Waals surface area contributed by atoms with Crippen molar-refractivity contribution in [3.05, 3.63) is 35.9 Å². The lowest BCUT2D eigenvalue weighted by Gasteiger charge is -2.25. The number of thiol groups is 2. The number of guanidine groups is 1. The molecule has 23 nitrogen and oxygen atoms in total. The van der Waals surface area contributed by atoms with Crippen molar-refractivity contribution in [3.63, 3.8) is 0 Å². The molecule has 8 amide bonds. The highest BCUT2D eigenvalue weighted by atomic mass is 32.2. The van der Waals surface area contributed by atoms with E-state index in [1.165, 1.54) is 6.92 Å². The highest BCUT2D eigenvalue weighted by molar-refractivity contribution is 8.00. The lowest BCUT2D eigenvalue weighted by atomic mass is 10.0. The van der Waals surface area contributed by atoms with Crippen molar-refractivity contribution in [3.8, 4) is 0 Å². The molecule has 0 bridgehead atoms. The van der Waals surface area contributed by atoms with Gasteiger partial charge in [-0.2, -0.15) is 25.3 Å². The van der Waals surface area contributed by atoms with Crippen LogP contribution in [0.1, 0.15) is 51.0 Å². The van der Waals surface area contributed by atoms with E-state index in [0.717, 1.165) is 11.8 Å². The van der Waals surface area contributed by atoms with Gasteiger partial charge in [0.05, 0.1) is 24.8 Å². The Morgan fingerprint density at radius 3 is 1.82 bits per heavy atom. The van der Waals surface area contributed by atoms with Gasteiger partial charge in [-0.05, 0) is 58.2 Å². The zero-order chi connectivity index (χ0) is 49.2. The largest absolute Gasteiger partial charge is 0.481 e. The Morgan fingerprint density at radius 1 is 0.712 bits per heavy atom. The molecule has 1 unspecified atom stereocenters. The molecule has 2 rings (SSSR count). The predicted octanol–water partition coefficient (Wildman–Crippen LogP) is -3.94. The summed E-state index contributed by atoms with van der Waals surface area (Å²) >= 11 is 9.39. The van der Waals surface area contributed by atoms with E-state index < -0.39 is 114 Å². The lowest BCUT2D eigenvalue weighted by Crippen LogP contribution is -2.59. The number of unbranched alkanes of at least 4 members (excludes halogenated alkanes) is 1. The van der Waals surface area contributed by atoms with Crippen LogP contribution in [0.15, 0.2) is 30.3 Å². The molecule has 1 aromatic rings. The molecule has 0 radical (unpaired) electrons. The molecule has 0 spiro atoms. The number of ketones is 1. The first-order valence-electron chi connectivity index (χ1n) is 21.0. The van der Waals surface area contributed by atoms with E-state index in [9.17, 15) is 53.1 Å². The zero-order valence-corrected chi connectivity index (χ0v) is 39.3. The zero-order valence-electron chi connectivity index (χ0n) is 36.7. The number of hydrogen-bond donors (Lipinski definition) is 15. The van der Waals surface area contributed by atoms with Gasteiger partial charge in [0.2, 0.25) is 47.3 Å². The summed E-state index contributed by atoms with van der Waals surface area (Å²) in [6.45, 7) is 1.15. The average molecular weight is 983 g/mol. The molecule has 7 atom stereocenters. The number of carbonyl (C=O) groups excluding carboxylic acids is 9. The van der Waals surface area contributed by atoms with Gasteiger partial charge in [-0.15, -0.1) is 11.8 Å². The maximum Gasteiger partial charge on any atom is 0.305 e. The van der Waals surface area contributed by atoms with Gasteiger partial charge in [-0.25, -0.2) is 0 Å². The number of carboxylic acids is 1. The Morgan fingerprint density at radius 2 is 1.24 bits per heavy atom. The molecule has 1 heterocycles. The first-order chi connectivity index (χ1) is 31.4. The Bertz CT molecular complexity index is 1870.